The van der Waals surface area contributed by atoms with Crippen LogP contribution < -0.4 is 5.73 Å². The zero-order valence-electron chi connectivity index (χ0n) is 9.16. The van der Waals surface area contributed by atoms with Crippen molar-refractivity contribution in [2.45, 2.75) is 17.9 Å². The number of nitrogens with zero attached hydrogens (tertiary/aromatic N) is 2. The molecule has 0 aliphatic rings. The molecular weight excluding hydrogens is 230 g/mol. The summed E-state index contributed by atoms with van der Waals surface area (Å²) in [6.07, 6.45) is 1.42. The Labute approximate surface area is 94.8 Å². The van der Waals surface area contributed by atoms with E-state index >= 15 is 0 Å². The second-order valence-corrected chi connectivity index (χ2v) is 5.41. The maximum absolute atomic E-state index is 12.0. The van der Waals surface area contributed by atoms with E-state index in [-0.39, 0.29) is 17.3 Å². The van der Waals surface area contributed by atoms with Gasteiger partial charge in [-0.05, 0) is 19.1 Å². The molecule has 16 heavy (non-hydrogen) atoms. The number of aliphatic hydroxyl groups is 1. The molecule has 0 aliphatic carbocycles. The minimum absolute atomic E-state index is 0.0421. The molecule has 0 aromatic carbocycles. The molecule has 7 heteroatoms. The molecule has 0 radical (unpaired) electrons. The van der Waals surface area contributed by atoms with Gasteiger partial charge in [0.05, 0.1) is 6.61 Å². The molecule has 3 N–H and O–H groups in total. The zero-order valence-corrected chi connectivity index (χ0v) is 9.98. The fourth-order valence-corrected chi connectivity index (χ4v) is 2.55. The van der Waals surface area contributed by atoms with Gasteiger partial charge in [0.2, 0.25) is 10.0 Å². The summed E-state index contributed by atoms with van der Waals surface area (Å²) in [5.41, 5.74) is 5.51. The predicted octanol–water partition coefficient (Wildman–Crippen LogP) is -0.335. The lowest BCUT2D eigenvalue weighted by atomic mass is 10.4. The maximum atomic E-state index is 12.0. The van der Waals surface area contributed by atoms with E-state index in [4.69, 9.17) is 10.8 Å². The number of likely N-dealkylation sites (N-methyl/N-ethyl adjacent to an activating group) is 1. The van der Waals surface area contributed by atoms with Crippen molar-refractivity contribution in [3.05, 3.63) is 18.3 Å². The molecule has 1 atom stereocenters. The molecule has 0 aliphatic heterocycles. The third-order valence-corrected chi connectivity index (χ3v) is 4.36. The van der Waals surface area contributed by atoms with Crippen molar-refractivity contribution < 1.29 is 13.5 Å². The van der Waals surface area contributed by atoms with E-state index in [2.05, 4.69) is 4.98 Å². The lowest BCUT2D eigenvalue weighted by Crippen LogP contribution is -2.37. The van der Waals surface area contributed by atoms with Crippen LogP contribution in [0.2, 0.25) is 0 Å². The number of aromatic nitrogens is 1. The standard InChI is InChI=1S/C9H15N3O3S/c1-7(6-13)12(2)16(14,15)8-4-3-5-11-9(8)10/h3-5,7,13H,6H2,1-2H3,(H2,10,11). The molecule has 0 saturated heterocycles. The van der Waals surface area contributed by atoms with Gasteiger partial charge in [-0.2, -0.15) is 4.31 Å². The van der Waals surface area contributed by atoms with Gasteiger partial charge in [0.25, 0.3) is 0 Å². The minimum Gasteiger partial charge on any atom is -0.395 e. The fraction of sp³-hybridized carbons (Fsp3) is 0.444. The second-order valence-electron chi connectivity index (χ2n) is 3.44. The maximum Gasteiger partial charge on any atom is 0.246 e. The summed E-state index contributed by atoms with van der Waals surface area (Å²) < 4.78 is 25.2. The number of hydrogen-bond donors (Lipinski definition) is 2. The van der Waals surface area contributed by atoms with E-state index in [1.807, 2.05) is 0 Å². The third kappa shape index (κ3) is 2.31. The van der Waals surface area contributed by atoms with Crippen molar-refractivity contribution >= 4 is 15.8 Å². The molecule has 0 bridgehead atoms. The van der Waals surface area contributed by atoms with E-state index < -0.39 is 16.1 Å². The van der Waals surface area contributed by atoms with Crippen LogP contribution in [0, 0.1) is 0 Å². The Hall–Kier alpha value is -1.18. The molecule has 1 aromatic heterocycles. The summed E-state index contributed by atoms with van der Waals surface area (Å²) >= 11 is 0. The Morgan fingerprint density at radius 2 is 2.25 bits per heavy atom. The van der Waals surface area contributed by atoms with Gasteiger partial charge >= 0.3 is 0 Å². The van der Waals surface area contributed by atoms with Crippen molar-refractivity contribution in [3.63, 3.8) is 0 Å². The highest BCUT2D eigenvalue weighted by atomic mass is 32.2. The van der Waals surface area contributed by atoms with E-state index in [1.165, 1.54) is 25.4 Å². The van der Waals surface area contributed by atoms with Crippen LogP contribution in [0.3, 0.4) is 0 Å². The highest BCUT2D eigenvalue weighted by molar-refractivity contribution is 7.89. The zero-order chi connectivity index (χ0) is 12.3. The van der Waals surface area contributed by atoms with Crippen molar-refractivity contribution in [3.8, 4) is 0 Å². The number of hydrogen-bond acceptors (Lipinski definition) is 5. The molecule has 90 valence electrons. The second kappa shape index (κ2) is 4.77. The van der Waals surface area contributed by atoms with Crippen LogP contribution in [0.4, 0.5) is 5.82 Å². The first-order valence-corrected chi connectivity index (χ1v) is 6.14. The Bertz CT molecular complexity index is 461. The van der Waals surface area contributed by atoms with Gasteiger partial charge in [-0.15, -0.1) is 0 Å². The van der Waals surface area contributed by atoms with E-state index in [0.29, 0.717) is 0 Å². The van der Waals surface area contributed by atoms with Crippen molar-refractivity contribution in [1.82, 2.24) is 9.29 Å². The highest BCUT2D eigenvalue weighted by Gasteiger charge is 2.27. The topological polar surface area (TPSA) is 96.5 Å². The molecule has 6 nitrogen and oxygen atoms in total. The van der Waals surface area contributed by atoms with Crippen molar-refractivity contribution in [2.24, 2.45) is 0 Å². The molecule has 1 rings (SSSR count). The Kier molecular flexibility index (Phi) is 3.84. The molecule has 0 spiro atoms. The van der Waals surface area contributed by atoms with Crippen LogP contribution in [-0.2, 0) is 10.0 Å². The van der Waals surface area contributed by atoms with Gasteiger partial charge in [-0.25, -0.2) is 13.4 Å². The third-order valence-electron chi connectivity index (χ3n) is 2.34. The average Bonchev–Trinajstić information content (AvgIpc) is 2.27. The van der Waals surface area contributed by atoms with Crippen LogP contribution in [0.25, 0.3) is 0 Å². The first-order chi connectivity index (χ1) is 7.41. The summed E-state index contributed by atoms with van der Waals surface area (Å²) in [7, 11) is -2.30. The number of sulfonamides is 1. The summed E-state index contributed by atoms with van der Waals surface area (Å²) in [5.74, 6) is -0.0421. The van der Waals surface area contributed by atoms with Crippen LogP contribution in [0.15, 0.2) is 23.2 Å². The van der Waals surface area contributed by atoms with E-state index in [1.54, 1.807) is 6.92 Å². The number of nitrogens with two attached hydrogens (primary N) is 1. The largest absolute Gasteiger partial charge is 0.395 e. The van der Waals surface area contributed by atoms with Crippen LogP contribution >= 0.6 is 0 Å². The quantitative estimate of drug-likeness (QED) is 0.756. The molecule has 1 heterocycles. The Morgan fingerprint density at radius 3 is 2.75 bits per heavy atom. The molecule has 0 fully saturated rings. The van der Waals surface area contributed by atoms with Gasteiger partial charge < -0.3 is 10.8 Å². The Balaban J connectivity index is 3.17. The normalized spacial score (nSPS) is 14.0. The van der Waals surface area contributed by atoms with Gasteiger partial charge in [0.1, 0.15) is 10.7 Å². The molecular formula is C9H15N3O3S. The molecule has 0 saturated carbocycles. The summed E-state index contributed by atoms with van der Waals surface area (Å²) in [5, 5.41) is 8.93. The van der Waals surface area contributed by atoms with Gasteiger partial charge in [-0.3, -0.25) is 0 Å². The number of pyridine rings is 1. The molecule has 0 amide bonds. The Morgan fingerprint density at radius 1 is 1.62 bits per heavy atom. The fourth-order valence-electron chi connectivity index (χ4n) is 1.13. The lowest BCUT2D eigenvalue weighted by Gasteiger charge is -2.22. The summed E-state index contributed by atoms with van der Waals surface area (Å²) in [6.45, 7) is 1.35. The lowest BCUT2D eigenvalue weighted by molar-refractivity contribution is 0.214. The van der Waals surface area contributed by atoms with Gasteiger partial charge in [-0.1, -0.05) is 0 Å². The number of rotatable bonds is 4. The predicted molar refractivity (Wildman–Crippen MR) is 60.1 cm³/mol. The molecule has 1 aromatic rings. The SMILES string of the molecule is CC(CO)N(C)S(=O)(=O)c1cccnc1N. The first-order valence-electron chi connectivity index (χ1n) is 4.70. The summed E-state index contributed by atoms with van der Waals surface area (Å²) in [6, 6.07) is 2.38. The van der Waals surface area contributed by atoms with E-state index in [9.17, 15) is 8.42 Å². The van der Waals surface area contributed by atoms with E-state index in [0.717, 1.165) is 4.31 Å². The molecule has 1 unspecified atom stereocenters. The number of anilines is 1. The summed E-state index contributed by atoms with van der Waals surface area (Å²) in [4.78, 5) is 3.68. The first kappa shape index (κ1) is 12.9. The van der Waals surface area contributed by atoms with Crippen LogP contribution in [-0.4, -0.2) is 42.5 Å². The van der Waals surface area contributed by atoms with Gasteiger partial charge in [0.15, 0.2) is 0 Å². The highest BCUT2D eigenvalue weighted by Crippen LogP contribution is 2.20. The smallest absolute Gasteiger partial charge is 0.246 e. The van der Waals surface area contributed by atoms with Crippen LogP contribution in [0.5, 0.6) is 0 Å². The number of nitrogen functional groups attached to an aromatic ring is 1. The average molecular weight is 245 g/mol. The van der Waals surface area contributed by atoms with Crippen molar-refractivity contribution in [1.29, 1.82) is 0 Å². The number of aliphatic hydroxyl groups excluding tert-OH is 1. The van der Waals surface area contributed by atoms with Crippen LogP contribution in [0.1, 0.15) is 6.92 Å². The van der Waals surface area contributed by atoms with Gasteiger partial charge in [0, 0.05) is 19.3 Å². The minimum atomic E-state index is -3.70. The monoisotopic (exact) mass is 245 g/mol. The van der Waals surface area contributed by atoms with Crippen molar-refractivity contribution in [2.75, 3.05) is 19.4 Å².